The number of aromatic nitrogens is 1. The standard InChI is InChI=1S/C13H23N3S/c1-3-6-16-7-5-11-12(9-16)17-13(15-11)8-10(14)4-2/h10H,3-9,14H2,1-2H3. The number of rotatable bonds is 5. The fourth-order valence-electron chi connectivity index (χ4n) is 2.26. The van der Waals surface area contributed by atoms with Crippen molar-refractivity contribution in [1.82, 2.24) is 9.88 Å². The third-order valence-corrected chi connectivity index (χ3v) is 4.46. The second kappa shape index (κ2) is 5.94. The summed E-state index contributed by atoms with van der Waals surface area (Å²) in [6.07, 6.45) is 4.34. The summed E-state index contributed by atoms with van der Waals surface area (Å²) in [5.41, 5.74) is 7.33. The van der Waals surface area contributed by atoms with Crippen molar-refractivity contribution in [2.75, 3.05) is 13.1 Å². The van der Waals surface area contributed by atoms with Gasteiger partial charge >= 0.3 is 0 Å². The molecule has 1 aliphatic rings. The predicted octanol–water partition coefficient (Wildman–Crippen LogP) is 2.19. The van der Waals surface area contributed by atoms with Gasteiger partial charge in [0.15, 0.2) is 0 Å². The van der Waals surface area contributed by atoms with E-state index in [1.165, 1.54) is 35.1 Å². The molecule has 0 bridgehead atoms. The first-order valence-electron chi connectivity index (χ1n) is 6.68. The number of fused-ring (bicyclic) bond motifs is 1. The lowest BCUT2D eigenvalue weighted by Gasteiger charge is -2.25. The summed E-state index contributed by atoms with van der Waals surface area (Å²) in [5.74, 6) is 0. The third-order valence-electron chi connectivity index (χ3n) is 3.36. The molecule has 2 heterocycles. The van der Waals surface area contributed by atoms with E-state index in [1.54, 1.807) is 0 Å². The van der Waals surface area contributed by atoms with Gasteiger partial charge in [0.2, 0.25) is 0 Å². The molecule has 96 valence electrons. The monoisotopic (exact) mass is 253 g/mol. The number of nitrogens with zero attached hydrogens (tertiary/aromatic N) is 2. The lowest BCUT2D eigenvalue weighted by molar-refractivity contribution is 0.256. The predicted molar refractivity (Wildman–Crippen MR) is 73.4 cm³/mol. The fraction of sp³-hybridized carbons (Fsp3) is 0.769. The summed E-state index contributed by atoms with van der Waals surface area (Å²) >= 11 is 1.88. The first kappa shape index (κ1) is 13.0. The molecule has 1 atom stereocenters. The van der Waals surface area contributed by atoms with Gasteiger partial charge in [-0.1, -0.05) is 13.8 Å². The average molecular weight is 253 g/mol. The Kier molecular flexibility index (Phi) is 4.54. The molecule has 1 aliphatic heterocycles. The van der Waals surface area contributed by atoms with Crippen LogP contribution in [-0.2, 0) is 19.4 Å². The van der Waals surface area contributed by atoms with Crippen molar-refractivity contribution in [1.29, 1.82) is 0 Å². The van der Waals surface area contributed by atoms with Gasteiger partial charge in [-0.2, -0.15) is 0 Å². The van der Waals surface area contributed by atoms with Gasteiger partial charge in [0.1, 0.15) is 0 Å². The van der Waals surface area contributed by atoms with Crippen LogP contribution in [0.25, 0.3) is 0 Å². The van der Waals surface area contributed by atoms with E-state index in [4.69, 9.17) is 10.7 Å². The Labute approximate surface area is 108 Å². The SMILES string of the molecule is CCCN1CCc2nc(CC(N)CC)sc2C1. The van der Waals surface area contributed by atoms with Gasteiger partial charge in [-0.15, -0.1) is 11.3 Å². The van der Waals surface area contributed by atoms with Crippen molar-refractivity contribution in [3.63, 3.8) is 0 Å². The Hall–Kier alpha value is -0.450. The summed E-state index contributed by atoms with van der Waals surface area (Å²) in [4.78, 5) is 8.75. The van der Waals surface area contributed by atoms with Crippen LogP contribution >= 0.6 is 11.3 Å². The molecule has 0 aliphatic carbocycles. The Bertz CT molecular complexity index is 362. The number of nitrogens with two attached hydrogens (primary N) is 1. The van der Waals surface area contributed by atoms with E-state index >= 15 is 0 Å². The summed E-state index contributed by atoms with van der Waals surface area (Å²) in [7, 11) is 0. The van der Waals surface area contributed by atoms with Crippen molar-refractivity contribution in [3.8, 4) is 0 Å². The first-order valence-corrected chi connectivity index (χ1v) is 7.50. The number of thiazole rings is 1. The quantitative estimate of drug-likeness (QED) is 0.874. The number of hydrogen-bond acceptors (Lipinski definition) is 4. The molecule has 3 nitrogen and oxygen atoms in total. The van der Waals surface area contributed by atoms with E-state index in [1.807, 2.05) is 11.3 Å². The van der Waals surface area contributed by atoms with Crippen LogP contribution in [-0.4, -0.2) is 29.0 Å². The molecule has 2 N–H and O–H groups in total. The highest BCUT2D eigenvalue weighted by Crippen LogP contribution is 2.26. The molecule has 1 aromatic heterocycles. The van der Waals surface area contributed by atoms with Crippen molar-refractivity contribution >= 4 is 11.3 Å². The Balaban J connectivity index is 2.01. The molecule has 1 aromatic rings. The van der Waals surface area contributed by atoms with E-state index in [0.717, 1.165) is 25.8 Å². The van der Waals surface area contributed by atoms with Crippen LogP contribution in [0.4, 0.5) is 0 Å². The van der Waals surface area contributed by atoms with E-state index in [0.29, 0.717) is 0 Å². The minimum atomic E-state index is 0.273. The summed E-state index contributed by atoms with van der Waals surface area (Å²) < 4.78 is 0. The van der Waals surface area contributed by atoms with E-state index in [-0.39, 0.29) is 6.04 Å². The van der Waals surface area contributed by atoms with Gasteiger partial charge in [-0.3, -0.25) is 4.90 Å². The van der Waals surface area contributed by atoms with Crippen LogP contribution in [0.1, 0.15) is 42.3 Å². The van der Waals surface area contributed by atoms with Crippen molar-refractivity contribution < 1.29 is 0 Å². The molecule has 0 amide bonds. The molecule has 0 fully saturated rings. The topological polar surface area (TPSA) is 42.2 Å². The van der Waals surface area contributed by atoms with E-state index in [2.05, 4.69) is 18.7 Å². The van der Waals surface area contributed by atoms with Crippen molar-refractivity contribution in [2.45, 2.75) is 52.1 Å². The lowest BCUT2D eigenvalue weighted by Crippen LogP contribution is -2.30. The normalized spacial score (nSPS) is 18.1. The van der Waals surface area contributed by atoms with Gasteiger partial charge in [-0.05, 0) is 19.4 Å². The summed E-state index contributed by atoms with van der Waals surface area (Å²) in [5, 5.41) is 1.24. The minimum absolute atomic E-state index is 0.273. The fourth-order valence-corrected chi connectivity index (χ4v) is 3.52. The highest BCUT2D eigenvalue weighted by atomic mass is 32.1. The molecule has 2 rings (SSSR count). The van der Waals surface area contributed by atoms with Gasteiger partial charge < -0.3 is 5.73 Å². The highest BCUT2D eigenvalue weighted by molar-refractivity contribution is 7.11. The Morgan fingerprint density at radius 3 is 3.00 bits per heavy atom. The number of hydrogen-bond donors (Lipinski definition) is 1. The highest BCUT2D eigenvalue weighted by Gasteiger charge is 2.20. The maximum Gasteiger partial charge on any atom is 0.0947 e. The summed E-state index contributed by atoms with van der Waals surface area (Å²) in [6.45, 7) is 7.86. The van der Waals surface area contributed by atoms with Crippen LogP contribution in [0.5, 0.6) is 0 Å². The van der Waals surface area contributed by atoms with Crippen molar-refractivity contribution in [2.24, 2.45) is 5.73 Å². The second-order valence-electron chi connectivity index (χ2n) is 4.88. The molecule has 0 saturated carbocycles. The van der Waals surface area contributed by atoms with Crippen molar-refractivity contribution in [3.05, 3.63) is 15.6 Å². The van der Waals surface area contributed by atoms with Gasteiger partial charge in [0, 0.05) is 36.9 Å². The molecule has 4 heteroatoms. The minimum Gasteiger partial charge on any atom is -0.327 e. The third kappa shape index (κ3) is 3.27. The smallest absolute Gasteiger partial charge is 0.0947 e. The van der Waals surface area contributed by atoms with Crippen LogP contribution in [0, 0.1) is 0 Å². The van der Waals surface area contributed by atoms with Crippen LogP contribution < -0.4 is 5.73 Å². The Morgan fingerprint density at radius 1 is 1.47 bits per heavy atom. The molecule has 0 radical (unpaired) electrons. The first-order chi connectivity index (χ1) is 8.22. The zero-order valence-electron chi connectivity index (χ0n) is 10.9. The van der Waals surface area contributed by atoms with Gasteiger partial charge in [-0.25, -0.2) is 4.98 Å². The molecule has 0 spiro atoms. The van der Waals surface area contributed by atoms with Gasteiger partial charge in [0.25, 0.3) is 0 Å². The van der Waals surface area contributed by atoms with Crippen LogP contribution in [0.3, 0.4) is 0 Å². The van der Waals surface area contributed by atoms with E-state index in [9.17, 15) is 0 Å². The Morgan fingerprint density at radius 2 is 2.29 bits per heavy atom. The molecule has 0 aromatic carbocycles. The molecule has 17 heavy (non-hydrogen) atoms. The summed E-state index contributed by atoms with van der Waals surface area (Å²) in [6, 6.07) is 0.273. The zero-order valence-corrected chi connectivity index (χ0v) is 11.7. The van der Waals surface area contributed by atoms with E-state index < -0.39 is 0 Å². The van der Waals surface area contributed by atoms with Crippen LogP contribution in [0.15, 0.2) is 0 Å². The molecule has 1 unspecified atom stereocenters. The van der Waals surface area contributed by atoms with Gasteiger partial charge in [0.05, 0.1) is 10.7 Å². The molecular formula is C13H23N3S. The molecular weight excluding hydrogens is 230 g/mol. The maximum atomic E-state index is 5.99. The zero-order chi connectivity index (χ0) is 12.3. The molecule has 0 saturated heterocycles. The van der Waals surface area contributed by atoms with Crippen LogP contribution in [0.2, 0.25) is 0 Å². The average Bonchev–Trinajstić information content (AvgIpc) is 2.70. The largest absolute Gasteiger partial charge is 0.327 e. The lowest BCUT2D eigenvalue weighted by atomic mass is 10.1. The second-order valence-corrected chi connectivity index (χ2v) is 6.04. The maximum absolute atomic E-state index is 5.99.